The second kappa shape index (κ2) is 6.91. The Morgan fingerprint density at radius 3 is 2.67 bits per heavy atom. The molecule has 5 rings (SSSR count). The summed E-state index contributed by atoms with van der Waals surface area (Å²) in [6.45, 7) is 0.875. The molecule has 1 saturated heterocycles. The Morgan fingerprint density at radius 2 is 2.00 bits per heavy atom. The van der Waals surface area contributed by atoms with Crippen molar-refractivity contribution in [2.24, 2.45) is 17.8 Å². The highest BCUT2D eigenvalue weighted by molar-refractivity contribution is 5.94. The molecular formula is C22H22F2N2O4. The lowest BCUT2D eigenvalue weighted by Gasteiger charge is -2.27. The normalized spacial score (nSPS) is 25.7. The van der Waals surface area contributed by atoms with Gasteiger partial charge in [0.25, 0.3) is 0 Å². The van der Waals surface area contributed by atoms with Crippen molar-refractivity contribution in [3.8, 4) is 0 Å². The molecule has 1 aliphatic heterocycles. The van der Waals surface area contributed by atoms with Gasteiger partial charge in [0.1, 0.15) is 17.1 Å². The molecule has 3 aliphatic rings. The van der Waals surface area contributed by atoms with Gasteiger partial charge in [-0.3, -0.25) is 4.79 Å². The summed E-state index contributed by atoms with van der Waals surface area (Å²) in [6, 6.07) is 0.879. The smallest absolute Gasteiger partial charge is 0.341 e. The molecular weight excluding hydrogens is 394 g/mol. The number of benzene rings is 1. The summed E-state index contributed by atoms with van der Waals surface area (Å²) >= 11 is 0. The van der Waals surface area contributed by atoms with Crippen LogP contribution in [0.5, 0.6) is 0 Å². The third-order valence-electron chi connectivity index (χ3n) is 6.75. The number of hydrogen-bond acceptors (Lipinski definition) is 4. The van der Waals surface area contributed by atoms with Crippen molar-refractivity contribution in [2.45, 2.75) is 25.3 Å². The van der Waals surface area contributed by atoms with E-state index in [1.807, 2.05) is 12.2 Å². The summed E-state index contributed by atoms with van der Waals surface area (Å²) in [6.07, 6.45) is 7.49. The van der Waals surface area contributed by atoms with Crippen LogP contribution >= 0.6 is 0 Å². The SMILES string of the molecule is O=C(O)c1cn(C2CC2)c2c(F)c(N3CC4C=CCC(CO)C4C3)c(F)cc2c1=O. The number of carboxylic acid groups (broad SMARTS) is 1. The van der Waals surface area contributed by atoms with Gasteiger partial charge in [-0.15, -0.1) is 0 Å². The first kappa shape index (κ1) is 19.2. The number of fused-ring (bicyclic) bond motifs is 2. The van der Waals surface area contributed by atoms with E-state index in [4.69, 9.17) is 0 Å². The molecule has 6 nitrogen and oxygen atoms in total. The quantitative estimate of drug-likeness (QED) is 0.749. The number of aliphatic hydroxyl groups is 1. The van der Waals surface area contributed by atoms with Gasteiger partial charge < -0.3 is 19.7 Å². The summed E-state index contributed by atoms with van der Waals surface area (Å²) in [5, 5.41) is 18.8. The number of halogens is 2. The van der Waals surface area contributed by atoms with Crippen LogP contribution in [0.1, 0.15) is 35.7 Å². The first-order valence-electron chi connectivity index (χ1n) is 10.2. The largest absolute Gasteiger partial charge is 0.477 e. The fourth-order valence-electron chi connectivity index (χ4n) is 5.07. The number of carboxylic acids is 1. The molecule has 158 valence electrons. The van der Waals surface area contributed by atoms with Crippen LogP contribution in [0.25, 0.3) is 10.9 Å². The minimum atomic E-state index is -1.41. The Morgan fingerprint density at radius 1 is 1.23 bits per heavy atom. The maximum Gasteiger partial charge on any atom is 0.341 e. The monoisotopic (exact) mass is 416 g/mol. The van der Waals surface area contributed by atoms with E-state index < -0.39 is 28.6 Å². The molecule has 3 atom stereocenters. The number of allylic oxidation sites excluding steroid dienone is 1. The lowest BCUT2D eigenvalue weighted by atomic mass is 9.78. The number of nitrogens with zero attached hydrogens (tertiary/aromatic N) is 2. The summed E-state index contributed by atoms with van der Waals surface area (Å²) < 4.78 is 32.3. The maximum atomic E-state index is 15.7. The van der Waals surface area contributed by atoms with Crippen molar-refractivity contribution in [3.05, 3.63) is 51.8 Å². The molecule has 3 unspecified atom stereocenters. The lowest BCUT2D eigenvalue weighted by molar-refractivity contribution is 0.0694. The second-order valence-corrected chi connectivity index (χ2v) is 8.57. The van der Waals surface area contributed by atoms with Crippen molar-refractivity contribution in [3.63, 3.8) is 0 Å². The Labute approximate surface area is 171 Å². The average molecular weight is 416 g/mol. The number of aromatic carboxylic acids is 1. The topological polar surface area (TPSA) is 82.8 Å². The van der Waals surface area contributed by atoms with Crippen LogP contribution in [0.15, 0.2) is 29.2 Å². The number of rotatable bonds is 4. The van der Waals surface area contributed by atoms with Crippen LogP contribution in [0.3, 0.4) is 0 Å². The van der Waals surface area contributed by atoms with E-state index in [0.29, 0.717) is 13.1 Å². The minimum Gasteiger partial charge on any atom is -0.477 e. The highest BCUT2D eigenvalue weighted by atomic mass is 19.1. The van der Waals surface area contributed by atoms with Gasteiger partial charge in [-0.25, -0.2) is 13.6 Å². The number of hydrogen-bond donors (Lipinski definition) is 2. The highest BCUT2D eigenvalue weighted by Gasteiger charge is 2.40. The fraction of sp³-hybridized carbons (Fsp3) is 0.455. The van der Waals surface area contributed by atoms with Gasteiger partial charge in [0.2, 0.25) is 5.43 Å². The van der Waals surface area contributed by atoms with E-state index in [0.717, 1.165) is 25.3 Å². The molecule has 1 saturated carbocycles. The van der Waals surface area contributed by atoms with Crippen LogP contribution in [0.4, 0.5) is 14.5 Å². The van der Waals surface area contributed by atoms with Gasteiger partial charge in [-0.05, 0) is 43.1 Å². The van der Waals surface area contributed by atoms with Crippen LogP contribution in [0.2, 0.25) is 0 Å². The van der Waals surface area contributed by atoms with Gasteiger partial charge >= 0.3 is 5.97 Å². The zero-order chi connectivity index (χ0) is 21.2. The van der Waals surface area contributed by atoms with Gasteiger partial charge in [0.15, 0.2) is 5.82 Å². The van der Waals surface area contributed by atoms with E-state index in [9.17, 15) is 19.8 Å². The average Bonchev–Trinajstić information content (AvgIpc) is 3.46. The van der Waals surface area contributed by atoms with E-state index >= 15 is 8.78 Å². The number of aromatic nitrogens is 1. The third kappa shape index (κ3) is 2.85. The van der Waals surface area contributed by atoms with Gasteiger partial charge in [0.05, 0.1) is 10.9 Å². The maximum absolute atomic E-state index is 15.7. The van der Waals surface area contributed by atoms with Crippen LogP contribution in [-0.4, -0.2) is 40.4 Å². The third-order valence-corrected chi connectivity index (χ3v) is 6.75. The molecule has 0 spiro atoms. The molecule has 30 heavy (non-hydrogen) atoms. The predicted octanol–water partition coefficient (Wildman–Crippen LogP) is 2.93. The summed E-state index contributed by atoms with van der Waals surface area (Å²) in [5.41, 5.74) is -1.58. The number of aliphatic hydroxyl groups excluding tert-OH is 1. The van der Waals surface area contributed by atoms with Crippen molar-refractivity contribution in [2.75, 3.05) is 24.6 Å². The summed E-state index contributed by atoms with van der Waals surface area (Å²) in [5.74, 6) is -2.84. The molecule has 2 aliphatic carbocycles. The Balaban J connectivity index is 1.67. The van der Waals surface area contributed by atoms with Gasteiger partial charge in [0, 0.05) is 31.9 Å². The van der Waals surface area contributed by atoms with Crippen molar-refractivity contribution >= 4 is 22.6 Å². The minimum absolute atomic E-state index is 0.0290. The zero-order valence-electron chi connectivity index (χ0n) is 16.2. The van der Waals surface area contributed by atoms with E-state index in [1.165, 1.54) is 10.8 Å². The molecule has 0 radical (unpaired) electrons. The Hall–Kier alpha value is -2.74. The number of pyridine rings is 1. The van der Waals surface area contributed by atoms with Gasteiger partial charge in [-0.2, -0.15) is 0 Å². The molecule has 8 heteroatoms. The van der Waals surface area contributed by atoms with Crippen molar-refractivity contribution < 1.29 is 23.8 Å². The predicted molar refractivity (Wildman–Crippen MR) is 107 cm³/mol. The van der Waals surface area contributed by atoms with Gasteiger partial charge in [-0.1, -0.05) is 12.2 Å². The Kier molecular flexibility index (Phi) is 4.43. The lowest BCUT2D eigenvalue weighted by Crippen LogP contribution is -2.28. The molecule has 1 aromatic heterocycles. The van der Waals surface area contributed by atoms with E-state index in [-0.39, 0.29) is 47.0 Å². The van der Waals surface area contributed by atoms with Crippen molar-refractivity contribution in [1.29, 1.82) is 0 Å². The summed E-state index contributed by atoms with van der Waals surface area (Å²) in [7, 11) is 0. The standard InChI is InChI=1S/C22H22F2N2O4/c23-17-6-14-19(26(13-4-5-13)9-16(21(14)28)22(29)30)18(24)20(17)25-7-11-2-1-3-12(10-27)15(11)8-25/h1-2,6,9,11-13,15,27H,3-5,7-8,10H2,(H,29,30). The molecule has 2 fully saturated rings. The Bertz CT molecular complexity index is 1140. The molecule has 2 N–H and O–H groups in total. The second-order valence-electron chi connectivity index (χ2n) is 8.57. The molecule has 1 aromatic carbocycles. The van der Waals surface area contributed by atoms with E-state index in [2.05, 4.69) is 0 Å². The molecule has 2 aromatic rings. The number of carbonyl (C=O) groups is 1. The zero-order valence-corrected chi connectivity index (χ0v) is 16.2. The van der Waals surface area contributed by atoms with E-state index in [1.54, 1.807) is 4.90 Å². The first-order valence-corrected chi connectivity index (χ1v) is 10.2. The highest BCUT2D eigenvalue weighted by Crippen LogP contribution is 2.43. The molecule has 2 heterocycles. The summed E-state index contributed by atoms with van der Waals surface area (Å²) in [4.78, 5) is 25.7. The van der Waals surface area contributed by atoms with Crippen LogP contribution in [-0.2, 0) is 0 Å². The first-order chi connectivity index (χ1) is 14.4. The number of anilines is 1. The molecule has 0 bridgehead atoms. The van der Waals surface area contributed by atoms with Crippen LogP contribution < -0.4 is 10.3 Å². The molecule has 0 amide bonds. The fourth-order valence-corrected chi connectivity index (χ4v) is 5.07. The van der Waals surface area contributed by atoms with Crippen LogP contribution in [0, 0.1) is 29.4 Å². The van der Waals surface area contributed by atoms with Crippen molar-refractivity contribution in [1.82, 2.24) is 4.57 Å².